The molecule has 1 unspecified atom stereocenters. The lowest BCUT2D eigenvalue weighted by atomic mass is 9.67. The van der Waals surface area contributed by atoms with Crippen LogP contribution < -0.4 is 4.90 Å². The molecular formula is C46H38ClN2+. The first-order valence-electron chi connectivity index (χ1n) is 17.2. The molecule has 0 radical (unpaired) electrons. The van der Waals surface area contributed by atoms with Crippen LogP contribution in [0, 0.1) is 48.0 Å². The first kappa shape index (κ1) is 32.2. The number of hydrogen-bond acceptors (Lipinski definition) is 1. The molecule has 2 heterocycles. The molecule has 0 bridgehead atoms. The van der Waals surface area contributed by atoms with Crippen LogP contribution in [0.1, 0.15) is 62.6 Å². The van der Waals surface area contributed by atoms with Crippen molar-refractivity contribution in [3.8, 4) is 48.0 Å². The van der Waals surface area contributed by atoms with Gasteiger partial charge in [-0.05, 0) is 97.7 Å². The average Bonchev–Trinajstić information content (AvgIpc) is 3.51. The van der Waals surface area contributed by atoms with Gasteiger partial charge in [-0.1, -0.05) is 97.6 Å². The van der Waals surface area contributed by atoms with Crippen molar-refractivity contribution in [2.45, 2.75) is 63.2 Å². The highest BCUT2D eigenvalue weighted by Crippen LogP contribution is 2.52. The lowest BCUT2D eigenvalue weighted by Gasteiger charge is -2.31. The maximum absolute atomic E-state index is 6.66. The lowest BCUT2D eigenvalue weighted by Crippen LogP contribution is -2.36. The minimum absolute atomic E-state index is 0.0106. The second kappa shape index (κ2) is 13.6. The number of benzene rings is 4. The maximum Gasteiger partial charge on any atom is 0.217 e. The number of terminal acetylenes is 1. The first-order chi connectivity index (χ1) is 24.0. The van der Waals surface area contributed by atoms with Crippen molar-refractivity contribution in [3.05, 3.63) is 131 Å². The van der Waals surface area contributed by atoms with E-state index in [-0.39, 0.29) is 5.41 Å². The molecule has 7 rings (SSSR count). The van der Waals surface area contributed by atoms with E-state index in [1.807, 2.05) is 6.07 Å². The summed E-state index contributed by atoms with van der Waals surface area (Å²) < 4.78 is 2.58. The van der Waals surface area contributed by atoms with Crippen LogP contribution in [0.3, 0.4) is 0 Å². The highest BCUT2D eigenvalue weighted by Gasteiger charge is 2.51. The standard InChI is InChI=1S/C46H38ClN2/c1-4-6-7-8-9-18-32-49-41-29-27-37(47)33-40(41)45(3,34-35-20-12-10-13-21-35)42(49)24-19-25-43-46(30-16-11-17-31-46)39-28-26-36-22-14-15-23-38(36)44(39)48(43)5-2/h1,10,12-15,19-29,33H,5,11,16-17,30-31,34H2,2-3H3/q+1. The van der Waals surface area contributed by atoms with Gasteiger partial charge in [-0.25, -0.2) is 0 Å². The van der Waals surface area contributed by atoms with Gasteiger partial charge in [0.2, 0.25) is 5.69 Å². The van der Waals surface area contributed by atoms with E-state index < -0.39 is 5.41 Å². The van der Waals surface area contributed by atoms with Crippen molar-refractivity contribution < 1.29 is 4.58 Å². The molecule has 4 aromatic rings. The van der Waals surface area contributed by atoms with Crippen LogP contribution in [0.15, 0.2) is 109 Å². The predicted octanol–water partition coefficient (Wildman–Crippen LogP) is 9.88. The second-order valence-corrected chi connectivity index (χ2v) is 13.7. The van der Waals surface area contributed by atoms with Gasteiger partial charge in [-0.3, -0.25) is 4.90 Å². The Labute approximate surface area is 296 Å². The molecule has 3 heteroatoms. The second-order valence-electron chi connectivity index (χ2n) is 13.2. The topological polar surface area (TPSA) is 6.25 Å². The number of rotatable bonds is 5. The smallest absolute Gasteiger partial charge is 0.217 e. The molecule has 0 amide bonds. The fourth-order valence-corrected chi connectivity index (χ4v) is 8.55. The van der Waals surface area contributed by atoms with Gasteiger partial charge in [0.1, 0.15) is 6.54 Å². The molecule has 0 aromatic heterocycles. The third kappa shape index (κ3) is 5.75. The van der Waals surface area contributed by atoms with E-state index in [9.17, 15) is 0 Å². The van der Waals surface area contributed by atoms with Crippen LogP contribution in [0.2, 0.25) is 5.02 Å². The Balaban J connectivity index is 1.39. The van der Waals surface area contributed by atoms with Crippen molar-refractivity contribution in [1.29, 1.82) is 0 Å². The number of anilines is 1. The summed E-state index contributed by atoms with van der Waals surface area (Å²) >= 11 is 6.66. The molecule has 1 aliphatic carbocycles. The van der Waals surface area contributed by atoms with E-state index in [4.69, 9.17) is 18.0 Å². The van der Waals surface area contributed by atoms with Crippen molar-refractivity contribution in [1.82, 2.24) is 0 Å². The van der Waals surface area contributed by atoms with Gasteiger partial charge < -0.3 is 0 Å². The monoisotopic (exact) mass is 653 g/mol. The molecule has 2 aliphatic heterocycles. The van der Waals surface area contributed by atoms with Gasteiger partial charge in [0.15, 0.2) is 5.71 Å². The van der Waals surface area contributed by atoms with E-state index in [0.29, 0.717) is 5.02 Å². The summed E-state index contributed by atoms with van der Waals surface area (Å²) in [6.07, 6.45) is 19.1. The number of allylic oxidation sites excluding steroid dienone is 4. The Morgan fingerprint density at radius 3 is 2.41 bits per heavy atom. The molecule has 1 spiro atoms. The number of hydrogen-bond donors (Lipinski definition) is 0. The van der Waals surface area contributed by atoms with Gasteiger partial charge >= 0.3 is 0 Å². The molecule has 4 aromatic carbocycles. The normalized spacial score (nSPS) is 19.5. The third-order valence-corrected chi connectivity index (χ3v) is 10.7. The highest BCUT2D eigenvalue weighted by molar-refractivity contribution is 6.30. The van der Waals surface area contributed by atoms with E-state index in [1.54, 1.807) is 0 Å². The van der Waals surface area contributed by atoms with Gasteiger partial charge in [0.05, 0.1) is 16.5 Å². The summed E-state index contributed by atoms with van der Waals surface area (Å²) in [6, 6.07) is 33.6. The van der Waals surface area contributed by atoms with Crippen LogP contribution in [0.4, 0.5) is 11.4 Å². The van der Waals surface area contributed by atoms with Crippen molar-refractivity contribution in [3.63, 3.8) is 0 Å². The summed E-state index contributed by atoms with van der Waals surface area (Å²) in [6.45, 7) is 5.49. The molecular weight excluding hydrogens is 616 g/mol. The molecule has 49 heavy (non-hydrogen) atoms. The van der Waals surface area contributed by atoms with Crippen LogP contribution >= 0.6 is 11.6 Å². The summed E-state index contributed by atoms with van der Waals surface area (Å²) in [5.41, 5.74) is 8.35. The van der Waals surface area contributed by atoms with Crippen LogP contribution in [-0.2, 0) is 17.3 Å². The zero-order chi connectivity index (χ0) is 33.8. The van der Waals surface area contributed by atoms with Gasteiger partial charge in [-0.2, -0.15) is 4.58 Å². The maximum atomic E-state index is 6.66. The zero-order valence-electron chi connectivity index (χ0n) is 28.1. The quantitative estimate of drug-likeness (QED) is 0.154. The Morgan fingerprint density at radius 2 is 1.61 bits per heavy atom. The van der Waals surface area contributed by atoms with E-state index in [1.165, 1.54) is 65.4 Å². The fraction of sp³-hybridized carbons (Fsp3) is 0.239. The molecule has 0 N–H and O–H groups in total. The first-order valence-corrected chi connectivity index (χ1v) is 17.5. The fourth-order valence-electron chi connectivity index (χ4n) is 8.38. The summed E-state index contributed by atoms with van der Waals surface area (Å²) in [4.78, 5) is 2.08. The molecule has 3 aliphatic rings. The molecule has 238 valence electrons. The molecule has 1 atom stereocenters. The van der Waals surface area contributed by atoms with Crippen molar-refractivity contribution >= 4 is 39.5 Å². The number of fused-ring (bicyclic) bond motifs is 5. The summed E-state index contributed by atoms with van der Waals surface area (Å²) in [5, 5.41) is 3.33. The largest absolute Gasteiger partial charge is 0.272 e. The third-order valence-electron chi connectivity index (χ3n) is 10.5. The molecule has 0 saturated heterocycles. The summed E-state index contributed by atoms with van der Waals surface area (Å²) in [7, 11) is 0. The molecule has 1 saturated carbocycles. The molecule has 2 nitrogen and oxygen atoms in total. The minimum atomic E-state index is -0.399. The zero-order valence-corrected chi connectivity index (χ0v) is 28.9. The predicted molar refractivity (Wildman–Crippen MR) is 205 cm³/mol. The van der Waals surface area contributed by atoms with Crippen LogP contribution in [0.5, 0.6) is 0 Å². The van der Waals surface area contributed by atoms with E-state index in [0.717, 1.165) is 29.9 Å². The van der Waals surface area contributed by atoms with E-state index in [2.05, 4.69) is 162 Å². The van der Waals surface area contributed by atoms with Crippen LogP contribution in [-0.4, -0.2) is 16.8 Å². The van der Waals surface area contributed by atoms with Crippen LogP contribution in [0.25, 0.3) is 10.8 Å². The van der Waals surface area contributed by atoms with Gasteiger partial charge in [0, 0.05) is 51.6 Å². The van der Waals surface area contributed by atoms with Crippen molar-refractivity contribution in [2.75, 3.05) is 11.4 Å². The SMILES string of the molecule is C#CC#CC#CC#CN1C(=CC=CC2=[N+](CC)c3c(ccc4ccccc34)C23CCCCC3)C(C)(Cc2ccccc2)c2cc(Cl)ccc21. The Bertz CT molecular complexity index is 2280. The van der Waals surface area contributed by atoms with Gasteiger partial charge in [0.25, 0.3) is 0 Å². The average molecular weight is 654 g/mol. The highest BCUT2D eigenvalue weighted by atomic mass is 35.5. The number of nitrogens with zero attached hydrogens (tertiary/aromatic N) is 2. The molecule has 1 fully saturated rings. The number of halogens is 1. The Morgan fingerprint density at radius 1 is 0.857 bits per heavy atom. The lowest BCUT2D eigenvalue weighted by molar-refractivity contribution is -0.431. The Hall–Kier alpha value is -5.38. The van der Waals surface area contributed by atoms with E-state index >= 15 is 0 Å². The summed E-state index contributed by atoms with van der Waals surface area (Å²) in [5.74, 6) is 16.1. The van der Waals surface area contributed by atoms with Crippen molar-refractivity contribution in [2.24, 2.45) is 0 Å². The van der Waals surface area contributed by atoms with Gasteiger partial charge in [-0.15, -0.1) is 6.42 Å². The Kier molecular flexibility index (Phi) is 8.95. The minimum Gasteiger partial charge on any atom is -0.272 e.